The molecular formula is C18HCl37O3S. The van der Waals surface area contributed by atoms with E-state index in [1.165, 1.54) is 0 Å². The molecule has 0 aliphatic carbocycles. The highest BCUT2D eigenvalue weighted by molar-refractivity contribution is 7.90. The van der Waals surface area contributed by atoms with E-state index < -0.39 is 86.9 Å². The fourth-order valence-corrected chi connectivity index (χ4v) is 16.9. The molecule has 0 saturated carbocycles. The van der Waals surface area contributed by atoms with Crippen LogP contribution in [0.2, 0.25) is 0 Å². The SMILES string of the molecule is O=S(=O)(O)C(Cl)(Cl)C(Cl)(Cl)C(Cl)(Cl)C(Cl)(Cl)C(Cl)(Cl)C(Cl)(Cl)C(Cl)(Cl)C(Cl)(Cl)C(Cl)(Cl)C(Cl)(Cl)C(Cl)(Cl)C(Cl)(Cl)C(Cl)(Cl)C(Cl)(Cl)C(Cl)(Cl)C(Cl)(Cl)C(Cl)(Cl)C(Cl)(Cl)Cl. The Morgan fingerprint density at radius 2 is 0.305 bits per heavy atom. The molecule has 0 aliphatic heterocycles. The summed E-state index contributed by atoms with van der Waals surface area (Å²) in [5.41, 5.74) is 0. The van der Waals surface area contributed by atoms with Crippen LogP contribution in [0.5, 0.6) is 0 Å². The van der Waals surface area contributed by atoms with Gasteiger partial charge in [0.05, 0.1) is 0 Å². The van der Waals surface area contributed by atoms with E-state index in [-0.39, 0.29) is 0 Å². The van der Waals surface area contributed by atoms with Crippen molar-refractivity contribution in [3.63, 3.8) is 0 Å². The number of hydrogen-bond donors (Lipinski definition) is 1. The summed E-state index contributed by atoms with van der Waals surface area (Å²) in [6.45, 7) is 0. The molecule has 0 saturated heterocycles. The van der Waals surface area contributed by atoms with Crippen LogP contribution in [0.25, 0.3) is 0 Å². The first kappa shape index (κ1) is 69.6. The van der Waals surface area contributed by atoms with Crippen molar-refractivity contribution in [3.8, 4) is 0 Å². The second-order valence-corrected chi connectivity index (χ2v) is 37.5. The molecule has 356 valence electrons. The maximum absolute atomic E-state index is 12.0. The quantitative estimate of drug-likeness (QED) is 0.117. The minimum atomic E-state index is -5.81. The van der Waals surface area contributed by atoms with Crippen molar-refractivity contribution < 1.29 is 13.0 Å². The van der Waals surface area contributed by atoms with Gasteiger partial charge in [0.1, 0.15) is 0 Å². The summed E-state index contributed by atoms with van der Waals surface area (Å²) in [4.78, 5) is 0. The average molecular weight is 1610 g/mol. The molecule has 0 aliphatic rings. The maximum atomic E-state index is 12.0. The van der Waals surface area contributed by atoms with Gasteiger partial charge in [-0.05, 0) is 0 Å². The molecule has 0 heterocycles. The summed E-state index contributed by atoms with van der Waals surface area (Å²) in [5.74, 6) is 0. The number of hydrogen-bond acceptors (Lipinski definition) is 2. The Morgan fingerprint density at radius 3 is 0.407 bits per heavy atom. The van der Waals surface area contributed by atoms with Gasteiger partial charge in [-0.1, -0.05) is 429 Å². The molecule has 3 nitrogen and oxygen atoms in total. The fourth-order valence-electron chi connectivity index (χ4n) is 3.28. The molecular weight excluding hydrogens is 1610 g/mol. The van der Waals surface area contributed by atoms with Crippen LogP contribution in [-0.4, -0.2) is 89.8 Å². The van der Waals surface area contributed by atoms with Crippen LogP contribution in [0, 0.1) is 0 Å². The van der Waals surface area contributed by atoms with Gasteiger partial charge in [-0.2, -0.15) is 8.42 Å². The molecule has 59 heavy (non-hydrogen) atoms. The van der Waals surface area contributed by atoms with Crippen LogP contribution in [0.4, 0.5) is 0 Å². The summed E-state index contributed by atoms with van der Waals surface area (Å²) in [5, 5.41) is 0. The maximum Gasteiger partial charge on any atom is 0.302 e. The topological polar surface area (TPSA) is 54.4 Å². The summed E-state index contributed by atoms with van der Waals surface area (Å²) < 4.78 is -32.0. The van der Waals surface area contributed by atoms with E-state index in [0.29, 0.717) is 0 Å². The summed E-state index contributed by atoms with van der Waals surface area (Å²) in [6, 6.07) is 0. The van der Waals surface area contributed by atoms with Gasteiger partial charge in [0.2, 0.25) is 12.5 Å². The molecule has 0 rings (SSSR count). The number of halogens is 37. The molecule has 0 aromatic rings. The molecule has 0 radical (unpaired) electrons. The lowest BCUT2D eigenvalue weighted by Crippen LogP contribution is -2.76. The summed E-state index contributed by atoms with van der Waals surface area (Å²) in [7, 11) is -5.81. The third-order valence-electron chi connectivity index (χ3n) is 6.96. The van der Waals surface area contributed by atoms with E-state index in [4.69, 9.17) is 429 Å². The van der Waals surface area contributed by atoms with Crippen molar-refractivity contribution in [1.29, 1.82) is 0 Å². The fraction of sp³-hybridized carbons (Fsp3) is 1.00. The first-order valence-electron chi connectivity index (χ1n) is 12.0. The van der Waals surface area contributed by atoms with Gasteiger partial charge in [-0.3, -0.25) is 4.55 Å². The Hall–Kier alpha value is 10.6. The monoisotopic (exact) mass is 1590 g/mol. The predicted octanol–water partition coefficient (Wildman–Crippen LogP) is 21.2. The summed E-state index contributed by atoms with van der Waals surface area (Å²) in [6.07, 6.45) is 0. The molecule has 0 bridgehead atoms. The molecule has 41 heteroatoms. The van der Waals surface area contributed by atoms with E-state index in [0.717, 1.165) is 0 Å². The van der Waals surface area contributed by atoms with E-state index >= 15 is 0 Å². The molecule has 1 N–H and O–H groups in total. The van der Waals surface area contributed by atoms with Crippen molar-refractivity contribution in [2.24, 2.45) is 0 Å². The first-order chi connectivity index (χ1) is 24.5. The summed E-state index contributed by atoms with van der Waals surface area (Å²) >= 11 is 233. The molecule has 0 spiro atoms. The standard InChI is InChI=1S/C18HCl37O3S/c19-1(20,3(23,24)5(27,28)7(31,32)9(35,36)11(39,40)13(43,44)15(47,48)17(51,52)53)2(21,22)4(25,26)6(29,30)8(33,34)10(37,38)12(41,42)14(45,46)16(49,50)18(54,55)59(56,57)58/h(H,56,57,58). The van der Waals surface area contributed by atoms with Gasteiger partial charge in [-0.25, -0.2) is 0 Å². The lowest BCUT2D eigenvalue weighted by atomic mass is 9.96. The first-order valence-corrected chi connectivity index (χ1v) is 27.4. The minimum absolute atomic E-state index is 2.90. The largest absolute Gasteiger partial charge is 0.302 e. The van der Waals surface area contributed by atoms with Crippen LogP contribution in [0.3, 0.4) is 0 Å². The molecule has 0 fully saturated rings. The molecule has 0 aromatic carbocycles. The highest BCUT2D eigenvalue weighted by Crippen LogP contribution is 2.79. The lowest BCUT2D eigenvalue weighted by molar-refractivity contribution is 0.391. The van der Waals surface area contributed by atoms with Crippen molar-refractivity contribution >= 4 is 439 Å². The number of alkyl halides is 37. The Morgan fingerprint density at radius 1 is 0.203 bits per heavy atom. The van der Waals surface area contributed by atoms with E-state index in [1.54, 1.807) is 0 Å². The van der Waals surface area contributed by atoms with Crippen LogP contribution in [0.1, 0.15) is 0 Å². The molecule has 0 amide bonds. The second kappa shape index (κ2) is 20.2. The highest BCUT2D eigenvalue weighted by atomic mass is 35.6. The molecule has 0 unspecified atom stereocenters. The van der Waals surface area contributed by atoms with Crippen molar-refractivity contribution in [3.05, 3.63) is 0 Å². The Labute approximate surface area is 520 Å². The van der Waals surface area contributed by atoms with Crippen LogP contribution >= 0.6 is 429 Å². The Balaban J connectivity index is 7.94. The third kappa shape index (κ3) is 10.2. The normalized spacial score (nSPS) is 17.5. The van der Waals surface area contributed by atoms with Gasteiger partial charge in [0.15, 0.2) is 60.7 Å². The minimum Gasteiger partial charge on any atom is -0.283 e. The van der Waals surface area contributed by atoms with Gasteiger partial charge >= 0.3 is 10.1 Å². The van der Waals surface area contributed by atoms with Crippen molar-refractivity contribution in [2.75, 3.05) is 0 Å². The van der Waals surface area contributed by atoms with Crippen molar-refractivity contribution in [1.82, 2.24) is 0 Å². The van der Waals surface area contributed by atoms with Gasteiger partial charge in [-0.15, -0.1) is 0 Å². The van der Waals surface area contributed by atoms with E-state index in [1.807, 2.05) is 0 Å². The zero-order chi connectivity index (χ0) is 49.5. The molecule has 0 atom stereocenters. The predicted molar refractivity (Wildman–Crippen MR) is 277 cm³/mol. The van der Waals surface area contributed by atoms with Crippen molar-refractivity contribution in [2.45, 2.75) is 76.8 Å². The third-order valence-corrected chi connectivity index (χ3v) is 35.6. The Kier molecular flexibility index (Phi) is 23.9. The zero-order valence-corrected chi connectivity index (χ0v) is 53.4. The van der Waals surface area contributed by atoms with Gasteiger partial charge in [0.25, 0.3) is 3.67 Å². The Bertz CT molecular complexity index is 1680. The van der Waals surface area contributed by atoms with Crippen LogP contribution < -0.4 is 0 Å². The van der Waals surface area contributed by atoms with Crippen LogP contribution in [-0.2, 0) is 10.1 Å². The number of rotatable bonds is 17. The van der Waals surface area contributed by atoms with E-state index in [2.05, 4.69) is 0 Å². The zero-order valence-electron chi connectivity index (χ0n) is 24.7. The molecule has 0 aromatic heterocycles. The van der Waals surface area contributed by atoms with Gasteiger partial charge < -0.3 is 0 Å². The average Bonchev–Trinajstić information content (AvgIpc) is 2.98. The van der Waals surface area contributed by atoms with E-state index in [9.17, 15) is 13.0 Å². The second-order valence-electron chi connectivity index (χ2n) is 10.7. The highest BCUT2D eigenvalue weighted by Gasteiger charge is 2.88. The van der Waals surface area contributed by atoms with Crippen LogP contribution in [0.15, 0.2) is 0 Å². The lowest BCUT2D eigenvalue weighted by Gasteiger charge is -2.59. The smallest absolute Gasteiger partial charge is 0.283 e. The van der Waals surface area contributed by atoms with Gasteiger partial charge in [0, 0.05) is 0 Å².